The predicted octanol–water partition coefficient (Wildman–Crippen LogP) is 3.75. The molecular formula is C15H25N3S. The molecule has 0 unspecified atom stereocenters. The molecule has 0 atom stereocenters. The number of imidazole rings is 1. The molecule has 0 amide bonds. The molecule has 0 spiro atoms. The highest BCUT2D eigenvalue weighted by molar-refractivity contribution is 7.98. The number of anilines is 1. The van der Waals surface area contributed by atoms with E-state index in [9.17, 15) is 0 Å². The van der Waals surface area contributed by atoms with Gasteiger partial charge in [-0.3, -0.25) is 0 Å². The molecule has 0 saturated heterocycles. The van der Waals surface area contributed by atoms with Crippen molar-refractivity contribution in [1.82, 2.24) is 9.55 Å². The van der Waals surface area contributed by atoms with Gasteiger partial charge in [0, 0.05) is 12.0 Å². The molecule has 0 aromatic carbocycles. The third-order valence-corrected chi connectivity index (χ3v) is 5.14. The van der Waals surface area contributed by atoms with Crippen LogP contribution in [0.2, 0.25) is 0 Å². The first kappa shape index (κ1) is 13.3. The fraction of sp³-hybridized carbons (Fsp3) is 0.800. The minimum Gasteiger partial charge on any atom is -0.384 e. The lowest BCUT2D eigenvalue weighted by Crippen LogP contribution is -2.08. The van der Waals surface area contributed by atoms with Gasteiger partial charge in [-0.05, 0) is 50.5 Å². The number of nitrogen functional groups attached to an aromatic ring is 1. The van der Waals surface area contributed by atoms with Gasteiger partial charge in [0.05, 0.1) is 5.69 Å². The average Bonchev–Trinajstić information content (AvgIpc) is 2.99. The summed E-state index contributed by atoms with van der Waals surface area (Å²) in [5, 5.41) is 0. The Morgan fingerprint density at radius 3 is 2.63 bits per heavy atom. The Morgan fingerprint density at radius 2 is 2.00 bits per heavy atom. The van der Waals surface area contributed by atoms with Crippen LogP contribution in [-0.2, 0) is 6.42 Å². The van der Waals surface area contributed by atoms with Crippen molar-refractivity contribution in [1.29, 1.82) is 0 Å². The Morgan fingerprint density at radius 1 is 1.26 bits per heavy atom. The zero-order valence-electron chi connectivity index (χ0n) is 11.9. The quantitative estimate of drug-likeness (QED) is 0.806. The Kier molecular flexibility index (Phi) is 4.06. The molecule has 4 heteroatoms. The van der Waals surface area contributed by atoms with E-state index < -0.39 is 0 Å². The average molecular weight is 279 g/mol. The largest absolute Gasteiger partial charge is 0.384 e. The Bertz CT molecular complexity index is 431. The van der Waals surface area contributed by atoms with Gasteiger partial charge in [0.15, 0.2) is 0 Å². The molecule has 2 fully saturated rings. The highest BCUT2D eigenvalue weighted by Gasteiger charge is 2.33. The minimum atomic E-state index is 0.664. The van der Waals surface area contributed by atoms with Crippen LogP contribution in [0.25, 0.3) is 0 Å². The molecule has 0 bridgehead atoms. The van der Waals surface area contributed by atoms with E-state index in [1.807, 2.05) is 11.8 Å². The van der Waals surface area contributed by atoms with E-state index in [1.165, 1.54) is 62.2 Å². The van der Waals surface area contributed by atoms with E-state index >= 15 is 0 Å². The van der Waals surface area contributed by atoms with Gasteiger partial charge in [-0.1, -0.05) is 12.8 Å². The van der Waals surface area contributed by atoms with Gasteiger partial charge in [-0.25, -0.2) is 4.98 Å². The van der Waals surface area contributed by atoms with Gasteiger partial charge in [0.25, 0.3) is 0 Å². The highest BCUT2D eigenvalue weighted by atomic mass is 32.2. The first-order valence-electron chi connectivity index (χ1n) is 7.66. The first-order chi connectivity index (χ1) is 9.31. The monoisotopic (exact) mass is 279 g/mol. The maximum absolute atomic E-state index is 6.39. The summed E-state index contributed by atoms with van der Waals surface area (Å²) in [6, 6.07) is 0.664. The van der Waals surface area contributed by atoms with Gasteiger partial charge in [-0.15, -0.1) is 0 Å². The van der Waals surface area contributed by atoms with Crippen molar-refractivity contribution < 1.29 is 0 Å². The van der Waals surface area contributed by atoms with Gasteiger partial charge >= 0.3 is 0 Å². The van der Waals surface area contributed by atoms with Gasteiger partial charge in [-0.2, -0.15) is 11.8 Å². The molecule has 1 aromatic rings. The van der Waals surface area contributed by atoms with Crippen molar-refractivity contribution in [3.63, 3.8) is 0 Å². The van der Waals surface area contributed by atoms with Crippen molar-refractivity contribution in [2.45, 2.75) is 63.3 Å². The summed E-state index contributed by atoms with van der Waals surface area (Å²) in [6.07, 6.45) is 12.4. The Hall–Kier alpha value is -0.640. The summed E-state index contributed by atoms with van der Waals surface area (Å²) in [5.74, 6) is 4.17. The van der Waals surface area contributed by atoms with E-state index in [0.717, 1.165) is 12.2 Å². The van der Waals surface area contributed by atoms with E-state index in [4.69, 9.17) is 10.7 Å². The standard InChI is InChI=1S/C15H25N3S/c1-19-10-4-7-13-14(16)18(12-8-9-12)15(17-13)11-5-2-3-6-11/h11-12H,2-10,16H2,1H3. The van der Waals surface area contributed by atoms with Crippen molar-refractivity contribution in [2.75, 3.05) is 17.7 Å². The number of rotatable bonds is 6. The molecule has 2 aliphatic carbocycles. The summed E-state index contributed by atoms with van der Waals surface area (Å²) in [4.78, 5) is 4.95. The normalized spacial score (nSPS) is 20.3. The summed E-state index contributed by atoms with van der Waals surface area (Å²) in [7, 11) is 0. The lowest BCUT2D eigenvalue weighted by molar-refractivity contribution is 0.596. The summed E-state index contributed by atoms with van der Waals surface area (Å²) in [5.41, 5.74) is 7.56. The molecule has 3 nitrogen and oxygen atoms in total. The highest BCUT2D eigenvalue weighted by Crippen LogP contribution is 2.43. The lowest BCUT2D eigenvalue weighted by atomic mass is 10.1. The second kappa shape index (κ2) is 5.78. The number of aryl methyl sites for hydroxylation is 1. The number of hydrogen-bond acceptors (Lipinski definition) is 3. The number of nitrogens with zero attached hydrogens (tertiary/aromatic N) is 2. The molecule has 106 valence electrons. The first-order valence-corrected chi connectivity index (χ1v) is 9.06. The zero-order chi connectivity index (χ0) is 13.2. The van der Waals surface area contributed by atoms with Crippen LogP contribution in [0.4, 0.5) is 5.82 Å². The predicted molar refractivity (Wildman–Crippen MR) is 82.8 cm³/mol. The smallest absolute Gasteiger partial charge is 0.127 e. The van der Waals surface area contributed by atoms with Crippen LogP contribution in [0.15, 0.2) is 0 Å². The molecule has 0 radical (unpaired) electrons. The fourth-order valence-electron chi connectivity index (χ4n) is 3.27. The zero-order valence-corrected chi connectivity index (χ0v) is 12.7. The summed E-state index contributed by atoms with van der Waals surface area (Å²) < 4.78 is 2.39. The maximum atomic E-state index is 6.39. The molecule has 2 N–H and O–H groups in total. The van der Waals surface area contributed by atoms with Crippen LogP contribution in [0.5, 0.6) is 0 Å². The summed E-state index contributed by atoms with van der Waals surface area (Å²) >= 11 is 1.91. The number of nitrogens with two attached hydrogens (primary N) is 1. The second-order valence-electron chi connectivity index (χ2n) is 5.98. The second-order valence-corrected chi connectivity index (χ2v) is 6.97. The molecule has 19 heavy (non-hydrogen) atoms. The van der Waals surface area contributed by atoms with E-state index in [0.29, 0.717) is 12.0 Å². The minimum absolute atomic E-state index is 0.664. The van der Waals surface area contributed by atoms with Crippen LogP contribution in [-0.4, -0.2) is 21.6 Å². The van der Waals surface area contributed by atoms with E-state index in [1.54, 1.807) is 0 Å². The van der Waals surface area contributed by atoms with Crippen LogP contribution >= 0.6 is 11.8 Å². The molecule has 1 aromatic heterocycles. The molecule has 3 rings (SSSR count). The summed E-state index contributed by atoms with van der Waals surface area (Å²) in [6.45, 7) is 0. The van der Waals surface area contributed by atoms with E-state index in [-0.39, 0.29) is 0 Å². The maximum Gasteiger partial charge on any atom is 0.127 e. The van der Waals surface area contributed by atoms with Crippen molar-refractivity contribution in [3.8, 4) is 0 Å². The SMILES string of the molecule is CSCCCc1nc(C2CCCC2)n(C2CC2)c1N. The van der Waals surface area contributed by atoms with Gasteiger partial charge in [0.1, 0.15) is 11.6 Å². The van der Waals surface area contributed by atoms with E-state index in [2.05, 4.69) is 10.8 Å². The van der Waals surface area contributed by atoms with Crippen molar-refractivity contribution in [2.24, 2.45) is 0 Å². The fourth-order valence-corrected chi connectivity index (χ4v) is 3.70. The topological polar surface area (TPSA) is 43.8 Å². The molecule has 2 saturated carbocycles. The van der Waals surface area contributed by atoms with Crippen molar-refractivity contribution >= 4 is 17.6 Å². The molecule has 1 heterocycles. The van der Waals surface area contributed by atoms with Crippen LogP contribution in [0.1, 0.15) is 68.4 Å². The van der Waals surface area contributed by atoms with Gasteiger partial charge < -0.3 is 10.3 Å². The third-order valence-electron chi connectivity index (χ3n) is 4.45. The number of aromatic nitrogens is 2. The Balaban J connectivity index is 1.82. The Labute approximate surface area is 120 Å². The van der Waals surface area contributed by atoms with Gasteiger partial charge in [0.2, 0.25) is 0 Å². The third kappa shape index (κ3) is 2.78. The van der Waals surface area contributed by atoms with Crippen LogP contribution < -0.4 is 5.73 Å². The van der Waals surface area contributed by atoms with Crippen LogP contribution in [0, 0.1) is 0 Å². The van der Waals surface area contributed by atoms with Crippen molar-refractivity contribution in [3.05, 3.63) is 11.5 Å². The number of thioether (sulfide) groups is 1. The molecule has 2 aliphatic rings. The number of hydrogen-bond donors (Lipinski definition) is 1. The lowest BCUT2D eigenvalue weighted by Gasteiger charge is -2.12. The van der Waals surface area contributed by atoms with Crippen LogP contribution in [0.3, 0.4) is 0 Å². The molecule has 0 aliphatic heterocycles. The molecular weight excluding hydrogens is 254 g/mol.